The van der Waals surface area contributed by atoms with Gasteiger partial charge in [-0.25, -0.2) is 0 Å². The van der Waals surface area contributed by atoms with Crippen LogP contribution in [-0.2, 0) is 23.7 Å². The molecule has 4 atom stereocenters. The summed E-state index contributed by atoms with van der Waals surface area (Å²) in [4.78, 5) is 10.8. The highest BCUT2D eigenvalue weighted by Crippen LogP contribution is 2.36. The van der Waals surface area contributed by atoms with E-state index >= 15 is 0 Å². The Labute approximate surface area is 68.5 Å². The summed E-state index contributed by atoms with van der Waals surface area (Å²) in [5.41, 5.74) is 0. The summed E-state index contributed by atoms with van der Waals surface area (Å²) >= 11 is 0. The fourth-order valence-corrected chi connectivity index (χ4v) is 1.86. The molecule has 3 aliphatic rings. The molecule has 0 aromatic heterocycles. The Hall–Kier alpha value is -0.650. The quantitative estimate of drug-likeness (QED) is 0.457. The molecule has 3 heterocycles. The van der Waals surface area contributed by atoms with Crippen molar-refractivity contribution in [3.8, 4) is 0 Å². The molecule has 0 amide bonds. The van der Waals surface area contributed by atoms with Crippen LogP contribution in [0.3, 0.4) is 0 Å². The number of ether oxygens (including phenoxy) is 4. The van der Waals surface area contributed by atoms with Gasteiger partial charge in [0.25, 0.3) is 0 Å². The summed E-state index contributed by atoms with van der Waals surface area (Å²) in [6.45, 7) is 0.232. The van der Waals surface area contributed by atoms with Crippen LogP contribution in [0.2, 0.25) is 0 Å². The molecule has 3 aliphatic heterocycles. The fourth-order valence-electron chi connectivity index (χ4n) is 1.86. The van der Waals surface area contributed by atoms with Gasteiger partial charge in [0.15, 0.2) is 25.3 Å². The standard InChI is InChI=1S/C7H8O5/c8-4-1-3-5(12-4)6-7(11-3)10-2-9-6/h3,5-7H,1-2H2. The van der Waals surface area contributed by atoms with Crippen LogP contribution in [0, 0.1) is 0 Å². The topological polar surface area (TPSA) is 54.0 Å². The van der Waals surface area contributed by atoms with E-state index in [1.165, 1.54) is 0 Å². The third kappa shape index (κ3) is 0.757. The number of fused-ring (bicyclic) bond motifs is 3. The van der Waals surface area contributed by atoms with E-state index in [2.05, 4.69) is 0 Å². The molecule has 0 aromatic rings. The molecule has 66 valence electrons. The van der Waals surface area contributed by atoms with E-state index in [1.807, 2.05) is 0 Å². The van der Waals surface area contributed by atoms with Crippen molar-refractivity contribution in [2.45, 2.75) is 31.0 Å². The van der Waals surface area contributed by atoms with Gasteiger partial charge in [0.05, 0.1) is 6.42 Å². The van der Waals surface area contributed by atoms with Crippen molar-refractivity contribution in [2.75, 3.05) is 6.79 Å². The number of rotatable bonds is 0. The van der Waals surface area contributed by atoms with Crippen LogP contribution in [0.5, 0.6) is 0 Å². The van der Waals surface area contributed by atoms with Gasteiger partial charge in [-0.3, -0.25) is 4.79 Å². The summed E-state index contributed by atoms with van der Waals surface area (Å²) in [6.07, 6.45) is -0.614. The molecule has 4 unspecified atom stereocenters. The zero-order chi connectivity index (χ0) is 8.13. The zero-order valence-corrected chi connectivity index (χ0v) is 6.26. The van der Waals surface area contributed by atoms with Crippen molar-refractivity contribution < 1.29 is 23.7 Å². The Morgan fingerprint density at radius 1 is 1.25 bits per heavy atom. The van der Waals surface area contributed by atoms with Crippen molar-refractivity contribution in [3.05, 3.63) is 0 Å². The van der Waals surface area contributed by atoms with Crippen molar-refractivity contribution >= 4 is 5.97 Å². The predicted octanol–water partition coefficient (Wildman–Crippen LogP) is -0.600. The second kappa shape index (κ2) is 2.18. The molecule has 5 nitrogen and oxygen atoms in total. The molecular weight excluding hydrogens is 164 g/mol. The SMILES string of the molecule is O=C1CC2OC3OCOC3C2O1. The smallest absolute Gasteiger partial charge is 0.309 e. The van der Waals surface area contributed by atoms with Gasteiger partial charge in [-0.15, -0.1) is 0 Å². The van der Waals surface area contributed by atoms with Gasteiger partial charge in [-0.2, -0.15) is 0 Å². The zero-order valence-electron chi connectivity index (χ0n) is 6.26. The third-order valence-corrected chi connectivity index (χ3v) is 2.40. The highest BCUT2D eigenvalue weighted by molar-refractivity contribution is 5.72. The van der Waals surface area contributed by atoms with E-state index in [1.54, 1.807) is 0 Å². The Kier molecular flexibility index (Phi) is 1.24. The van der Waals surface area contributed by atoms with Gasteiger partial charge in [0.1, 0.15) is 6.10 Å². The monoisotopic (exact) mass is 172 g/mol. The summed E-state index contributed by atoms with van der Waals surface area (Å²) in [5.74, 6) is -0.209. The fraction of sp³-hybridized carbons (Fsp3) is 0.857. The molecule has 12 heavy (non-hydrogen) atoms. The van der Waals surface area contributed by atoms with Crippen molar-refractivity contribution in [2.24, 2.45) is 0 Å². The van der Waals surface area contributed by atoms with Crippen LogP contribution in [0.1, 0.15) is 6.42 Å². The van der Waals surface area contributed by atoms with Crippen LogP contribution < -0.4 is 0 Å². The minimum Gasteiger partial charge on any atom is -0.456 e. The summed E-state index contributed by atoms with van der Waals surface area (Å²) < 4.78 is 20.7. The first-order chi connectivity index (χ1) is 5.84. The van der Waals surface area contributed by atoms with Gasteiger partial charge >= 0.3 is 5.97 Å². The molecule has 0 aromatic carbocycles. The van der Waals surface area contributed by atoms with Crippen molar-refractivity contribution in [1.29, 1.82) is 0 Å². The molecule has 0 spiro atoms. The Bertz CT molecular complexity index is 228. The third-order valence-electron chi connectivity index (χ3n) is 2.40. The van der Waals surface area contributed by atoms with Crippen LogP contribution in [-0.4, -0.2) is 37.4 Å². The van der Waals surface area contributed by atoms with E-state index < -0.39 is 0 Å². The average molecular weight is 172 g/mol. The first-order valence-corrected chi connectivity index (χ1v) is 3.93. The summed E-state index contributed by atoms with van der Waals surface area (Å²) in [6, 6.07) is 0. The maximum atomic E-state index is 10.8. The Balaban J connectivity index is 1.84. The van der Waals surface area contributed by atoms with Gasteiger partial charge < -0.3 is 18.9 Å². The normalized spacial score (nSPS) is 50.5. The van der Waals surface area contributed by atoms with E-state index in [-0.39, 0.29) is 37.4 Å². The molecule has 0 N–H and O–H groups in total. The second-order valence-electron chi connectivity index (χ2n) is 3.12. The first kappa shape index (κ1) is 6.82. The Morgan fingerprint density at radius 2 is 2.17 bits per heavy atom. The van der Waals surface area contributed by atoms with Crippen molar-refractivity contribution in [1.82, 2.24) is 0 Å². The molecule has 3 fully saturated rings. The number of carbonyl (C=O) groups is 1. The maximum absolute atomic E-state index is 10.8. The average Bonchev–Trinajstić information content (AvgIpc) is 2.59. The molecule has 0 saturated carbocycles. The summed E-state index contributed by atoms with van der Waals surface area (Å²) in [5, 5.41) is 0. The number of hydrogen-bond acceptors (Lipinski definition) is 5. The molecule has 0 radical (unpaired) electrons. The van der Waals surface area contributed by atoms with E-state index in [9.17, 15) is 4.79 Å². The van der Waals surface area contributed by atoms with Crippen molar-refractivity contribution in [3.63, 3.8) is 0 Å². The number of hydrogen-bond donors (Lipinski definition) is 0. The lowest BCUT2D eigenvalue weighted by Crippen LogP contribution is -2.30. The lowest BCUT2D eigenvalue weighted by Gasteiger charge is -2.10. The van der Waals surface area contributed by atoms with Gasteiger partial charge in [0, 0.05) is 0 Å². The van der Waals surface area contributed by atoms with Crippen LogP contribution >= 0.6 is 0 Å². The highest BCUT2D eigenvalue weighted by atomic mass is 16.8. The maximum Gasteiger partial charge on any atom is 0.309 e. The minimum absolute atomic E-state index is 0.159. The van der Waals surface area contributed by atoms with Gasteiger partial charge in [0.2, 0.25) is 0 Å². The first-order valence-electron chi connectivity index (χ1n) is 3.93. The van der Waals surface area contributed by atoms with Crippen LogP contribution in [0.4, 0.5) is 0 Å². The molecule has 5 heteroatoms. The molecule has 3 rings (SSSR count). The van der Waals surface area contributed by atoms with E-state index in [0.29, 0.717) is 6.42 Å². The van der Waals surface area contributed by atoms with Gasteiger partial charge in [-0.1, -0.05) is 0 Å². The summed E-state index contributed by atoms with van der Waals surface area (Å²) in [7, 11) is 0. The lowest BCUT2D eigenvalue weighted by atomic mass is 10.1. The largest absolute Gasteiger partial charge is 0.456 e. The van der Waals surface area contributed by atoms with Crippen LogP contribution in [0.15, 0.2) is 0 Å². The molecule has 0 bridgehead atoms. The van der Waals surface area contributed by atoms with Crippen LogP contribution in [0.25, 0.3) is 0 Å². The highest BCUT2D eigenvalue weighted by Gasteiger charge is 2.55. The van der Waals surface area contributed by atoms with E-state index in [0.717, 1.165) is 0 Å². The lowest BCUT2D eigenvalue weighted by molar-refractivity contribution is -0.145. The van der Waals surface area contributed by atoms with Gasteiger partial charge in [-0.05, 0) is 0 Å². The number of esters is 1. The molecule has 3 saturated heterocycles. The predicted molar refractivity (Wildman–Crippen MR) is 34.0 cm³/mol. The molecular formula is C7H8O5. The molecule has 0 aliphatic carbocycles. The van der Waals surface area contributed by atoms with E-state index in [4.69, 9.17) is 18.9 Å². The Morgan fingerprint density at radius 3 is 3.08 bits per heavy atom. The second-order valence-corrected chi connectivity index (χ2v) is 3.12. The minimum atomic E-state index is -0.326. The number of carbonyl (C=O) groups excluding carboxylic acids is 1.